The Hall–Kier alpha value is -1.60. The molecule has 136 valence electrons. The van der Waals surface area contributed by atoms with Crippen molar-refractivity contribution in [1.29, 1.82) is 0 Å². The molecular weight excluding hydrogens is 328 g/mol. The van der Waals surface area contributed by atoms with Crippen LogP contribution in [0.15, 0.2) is 24.3 Å². The fraction of sp³-hybridized carbons (Fsp3) is 0.588. The smallest absolute Gasteiger partial charge is 0.223 e. The zero-order valence-electron chi connectivity index (χ0n) is 15.0. The summed E-state index contributed by atoms with van der Waals surface area (Å²) in [6, 6.07) is 7.55. The topological polar surface area (TPSA) is 66.9 Å². The molecule has 0 fully saturated rings. The first-order valence-corrected chi connectivity index (χ1v) is 10.0. The number of carbonyl (C=O) groups is 1. The van der Waals surface area contributed by atoms with Gasteiger partial charge in [-0.3, -0.25) is 4.79 Å². The molecule has 6 nitrogen and oxygen atoms in total. The Bertz CT molecular complexity index is 627. The highest BCUT2D eigenvalue weighted by molar-refractivity contribution is 7.88. The van der Waals surface area contributed by atoms with Crippen LogP contribution in [0.3, 0.4) is 0 Å². The van der Waals surface area contributed by atoms with Crippen molar-refractivity contribution in [3.8, 4) is 5.75 Å². The molecule has 1 rings (SSSR count). The van der Waals surface area contributed by atoms with E-state index in [2.05, 4.69) is 0 Å². The summed E-state index contributed by atoms with van der Waals surface area (Å²) in [7, 11) is -1.76. The van der Waals surface area contributed by atoms with Crippen LogP contribution in [0.1, 0.15) is 25.8 Å². The lowest BCUT2D eigenvalue weighted by molar-refractivity contribution is -0.130. The number of rotatable bonds is 10. The van der Waals surface area contributed by atoms with Crippen LogP contribution in [0.2, 0.25) is 0 Å². The molecule has 0 aliphatic carbocycles. The van der Waals surface area contributed by atoms with E-state index in [1.54, 1.807) is 12.0 Å². The van der Waals surface area contributed by atoms with Crippen molar-refractivity contribution in [3.05, 3.63) is 29.8 Å². The molecule has 0 radical (unpaired) electrons. The van der Waals surface area contributed by atoms with E-state index < -0.39 is 10.0 Å². The number of hydrogen-bond acceptors (Lipinski definition) is 4. The molecule has 1 aromatic carbocycles. The second kappa shape index (κ2) is 9.64. The van der Waals surface area contributed by atoms with E-state index >= 15 is 0 Å². The van der Waals surface area contributed by atoms with E-state index in [-0.39, 0.29) is 18.9 Å². The van der Waals surface area contributed by atoms with Crippen LogP contribution in [-0.2, 0) is 21.2 Å². The summed E-state index contributed by atoms with van der Waals surface area (Å²) < 4.78 is 30.5. The maximum atomic E-state index is 12.1. The molecule has 0 heterocycles. The predicted octanol–water partition coefficient (Wildman–Crippen LogP) is 1.76. The lowest BCUT2D eigenvalue weighted by Crippen LogP contribution is -2.37. The van der Waals surface area contributed by atoms with E-state index in [0.29, 0.717) is 26.1 Å². The Morgan fingerprint density at radius 1 is 1.17 bits per heavy atom. The number of benzene rings is 1. The van der Waals surface area contributed by atoms with E-state index in [1.165, 1.54) is 10.6 Å². The van der Waals surface area contributed by atoms with E-state index in [4.69, 9.17) is 4.74 Å². The first-order chi connectivity index (χ1) is 11.3. The van der Waals surface area contributed by atoms with Crippen LogP contribution in [-0.4, -0.2) is 63.1 Å². The quantitative estimate of drug-likeness (QED) is 0.641. The first kappa shape index (κ1) is 20.4. The third kappa shape index (κ3) is 6.49. The van der Waals surface area contributed by atoms with Crippen LogP contribution in [0.5, 0.6) is 5.75 Å². The summed E-state index contributed by atoms with van der Waals surface area (Å²) in [6.45, 7) is 5.66. The molecular formula is C17H28N2O4S. The van der Waals surface area contributed by atoms with E-state index in [9.17, 15) is 13.2 Å². The van der Waals surface area contributed by atoms with Gasteiger partial charge in [-0.05, 0) is 38.0 Å². The van der Waals surface area contributed by atoms with Gasteiger partial charge in [-0.15, -0.1) is 0 Å². The van der Waals surface area contributed by atoms with Gasteiger partial charge < -0.3 is 9.64 Å². The predicted molar refractivity (Wildman–Crippen MR) is 95.7 cm³/mol. The maximum Gasteiger partial charge on any atom is 0.223 e. The van der Waals surface area contributed by atoms with Crippen molar-refractivity contribution in [2.24, 2.45) is 0 Å². The molecule has 24 heavy (non-hydrogen) atoms. The van der Waals surface area contributed by atoms with Crippen molar-refractivity contribution in [1.82, 2.24) is 9.21 Å². The Balaban J connectivity index is 2.68. The normalized spacial score (nSPS) is 11.5. The third-order valence-corrected chi connectivity index (χ3v) is 5.25. The highest BCUT2D eigenvalue weighted by Gasteiger charge is 2.19. The number of methoxy groups -OCH3 is 1. The molecule has 0 bridgehead atoms. The molecule has 0 N–H and O–H groups in total. The molecule has 0 atom stereocenters. The lowest BCUT2D eigenvalue weighted by atomic mass is 10.1. The Morgan fingerprint density at radius 2 is 1.83 bits per heavy atom. The fourth-order valence-electron chi connectivity index (χ4n) is 2.48. The van der Waals surface area contributed by atoms with Crippen molar-refractivity contribution < 1.29 is 17.9 Å². The van der Waals surface area contributed by atoms with Gasteiger partial charge in [-0.1, -0.05) is 12.1 Å². The minimum atomic E-state index is -3.35. The number of nitrogens with zero attached hydrogens (tertiary/aromatic N) is 2. The first-order valence-electron chi connectivity index (χ1n) is 8.17. The minimum absolute atomic E-state index is 0.0185. The van der Waals surface area contributed by atoms with Gasteiger partial charge in [-0.25, -0.2) is 12.7 Å². The number of hydrogen-bond donors (Lipinski definition) is 0. The van der Waals surface area contributed by atoms with Crippen molar-refractivity contribution >= 4 is 15.9 Å². The molecule has 1 aromatic rings. The highest BCUT2D eigenvalue weighted by atomic mass is 32.2. The molecule has 0 unspecified atom stereocenters. The number of carbonyl (C=O) groups excluding carboxylic acids is 1. The molecule has 0 saturated carbocycles. The molecule has 7 heteroatoms. The standard InChI is InChI=1S/C17H28N2O4S/c1-5-18(6-2)17(20)11-13-19(24(4,21)22)12-10-15-8-7-9-16(14-15)23-3/h7-9,14H,5-6,10-13H2,1-4H3. The summed E-state index contributed by atoms with van der Waals surface area (Å²) >= 11 is 0. The minimum Gasteiger partial charge on any atom is -0.497 e. The van der Waals surface area contributed by atoms with E-state index in [0.717, 1.165) is 11.3 Å². The van der Waals surface area contributed by atoms with Gasteiger partial charge in [-0.2, -0.15) is 0 Å². The number of sulfonamides is 1. The number of ether oxygens (including phenoxy) is 1. The SMILES string of the molecule is CCN(CC)C(=O)CCN(CCc1cccc(OC)c1)S(C)(=O)=O. The van der Waals surface area contributed by atoms with E-state index in [1.807, 2.05) is 38.1 Å². The zero-order chi connectivity index (χ0) is 18.2. The van der Waals surface area contributed by atoms with Crippen molar-refractivity contribution in [2.45, 2.75) is 26.7 Å². The second-order valence-electron chi connectivity index (χ2n) is 5.58. The van der Waals surface area contributed by atoms with Gasteiger partial charge in [0, 0.05) is 32.6 Å². The Labute approximate surface area is 145 Å². The largest absolute Gasteiger partial charge is 0.497 e. The summed E-state index contributed by atoms with van der Waals surface area (Å²) in [5.74, 6) is 0.727. The van der Waals surface area contributed by atoms with Gasteiger partial charge in [0.1, 0.15) is 5.75 Å². The van der Waals surface area contributed by atoms with Gasteiger partial charge in [0.2, 0.25) is 15.9 Å². The summed E-state index contributed by atoms with van der Waals surface area (Å²) in [5.41, 5.74) is 0.998. The fourth-order valence-corrected chi connectivity index (χ4v) is 3.33. The average molecular weight is 356 g/mol. The van der Waals surface area contributed by atoms with Crippen LogP contribution in [0, 0.1) is 0 Å². The molecule has 1 amide bonds. The molecule has 0 saturated heterocycles. The summed E-state index contributed by atoms with van der Waals surface area (Å²) in [5, 5.41) is 0. The van der Waals surface area contributed by atoms with Crippen LogP contribution < -0.4 is 4.74 Å². The molecule has 0 aliphatic heterocycles. The third-order valence-electron chi connectivity index (χ3n) is 3.94. The summed E-state index contributed by atoms with van der Waals surface area (Å²) in [4.78, 5) is 13.8. The molecule has 0 spiro atoms. The van der Waals surface area contributed by atoms with Crippen molar-refractivity contribution in [2.75, 3.05) is 39.5 Å². The monoisotopic (exact) mass is 356 g/mol. The maximum absolute atomic E-state index is 12.1. The Kier molecular flexibility index (Phi) is 8.21. The second-order valence-corrected chi connectivity index (χ2v) is 7.56. The lowest BCUT2D eigenvalue weighted by Gasteiger charge is -2.23. The van der Waals surface area contributed by atoms with Crippen LogP contribution >= 0.6 is 0 Å². The van der Waals surface area contributed by atoms with Crippen LogP contribution in [0.4, 0.5) is 0 Å². The van der Waals surface area contributed by atoms with Gasteiger partial charge in [0.05, 0.1) is 13.4 Å². The molecule has 0 aliphatic rings. The average Bonchev–Trinajstić information content (AvgIpc) is 2.54. The van der Waals surface area contributed by atoms with Crippen molar-refractivity contribution in [3.63, 3.8) is 0 Å². The van der Waals surface area contributed by atoms with Gasteiger partial charge >= 0.3 is 0 Å². The van der Waals surface area contributed by atoms with Gasteiger partial charge in [0.25, 0.3) is 0 Å². The van der Waals surface area contributed by atoms with Crippen LogP contribution in [0.25, 0.3) is 0 Å². The highest BCUT2D eigenvalue weighted by Crippen LogP contribution is 2.14. The zero-order valence-corrected chi connectivity index (χ0v) is 15.8. The van der Waals surface area contributed by atoms with Gasteiger partial charge in [0.15, 0.2) is 0 Å². The molecule has 0 aromatic heterocycles. The number of amides is 1. The Morgan fingerprint density at radius 3 is 2.38 bits per heavy atom. The summed E-state index contributed by atoms with van der Waals surface area (Å²) in [6.07, 6.45) is 1.96.